The van der Waals surface area contributed by atoms with E-state index in [1.54, 1.807) is 34.1 Å². The second-order valence-electron chi connectivity index (χ2n) is 10.0. The van der Waals surface area contributed by atoms with E-state index >= 15 is 0 Å². The first-order valence-electron chi connectivity index (χ1n) is 13.1. The molecule has 0 aliphatic carbocycles. The van der Waals surface area contributed by atoms with E-state index in [-0.39, 0.29) is 30.4 Å². The van der Waals surface area contributed by atoms with Crippen molar-refractivity contribution >= 4 is 75.5 Å². The topological polar surface area (TPSA) is 59.1 Å². The van der Waals surface area contributed by atoms with E-state index in [2.05, 4.69) is 104 Å². The third kappa shape index (κ3) is 10.2. The highest BCUT2D eigenvalue weighted by atomic mass is 79.9. The molecule has 0 saturated carbocycles. The molecule has 0 radical (unpaired) electrons. The van der Waals surface area contributed by atoms with Gasteiger partial charge >= 0.3 is 0 Å². The Bertz CT molecular complexity index is 1260. The molecular weight excluding hydrogens is 796 g/mol. The van der Waals surface area contributed by atoms with Crippen molar-refractivity contribution in [1.82, 2.24) is 9.80 Å². The monoisotopic (exact) mass is 828 g/mol. The molecule has 0 N–H and O–H groups in total. The third-order valence-corrected chi connectivity index (χ3v) is 8.62. The molecule has 0 aliphatic rings. The van der Waals surface area contributed by atoms with Gasteiger partial charge in [0, 0.05) is 26.2 Å². The van der Waals surface area contributed by atoms with Crippen LogP contribution in [0.5, 0.6) is 11.5 Å². The number of carbonyl (C=O) groups is 2. The highest BCUT2D eigenvalue weighted by Crippen LogP contribution is 2.41. The van der Waals surface area contributed by atoms with Gasteiger partial charge in [0.15, 0.2) is 13.2 Å². The van der Waals surface area contributed by atoms with Gasteiger partial charge in [-0.05, 0) is 111 Å². The van der Waals surface area contributed by atoms with E-state index in [0.29, 0.717) is 44.1 Å². The summed E-state index contributed by atoms with van der Waals surface area (Å²) in [4.78, 5) is 28.4. The summed E-state index contributed by atoms with van der Waals surface area (Å²) in [7, 11) is 0. The Morgan fingerprint density at radius 2 is 1.02 bits per heavy atom. The summed E-state index contributed by atoms with van der Waals surface area (Å²) in [6, 6.07) is 8.04. The van der Waals surface area contributed by atoms with Crippen LogP contribution in [0.1, 0.15) is 25.0 Å². The lowest BCUT2D eigenvalue weighted by molar-refractivity contribution is -0.133. The van der Waals surface area contributed by atoms with Crippen molar-refractivity contribution in [2.24, 2.45) is 0 Å². The highest BCUT2D eigenvalue weighted by Gasteiger charge is 2.25. The molecule has 2 aromatic rings. The molecule has 0 fully saturated rings. The number of nitrogens with zero attached hydrogens (tertiary/aromatic N) is 2. The van der Waals surface area contributed by atoms with E-state index in [1.807, 2.05) is 24.3 Å². The fourth-order valence-corrected chi connectivity index (χ4v) is 7.11. The molecule has 0 spiro atoms. The lowest BCUT2D eigenvalue weighted by atomic mass is 9.79. The number of halogens is 4. The lowest BCUT2D eigenvalue weighted by Crippen LogP contribution is -2.35. The molecule has 2 aromatic carbocycles. The summed E-state index contributed by atoms with van der Waals surface area (Å²) >= 11 is 14.5. The number of hydrogen-bond donors (Lipinski definition) is 0. The maximum absolute atomic E-state index is 12.6. The van der Waals surface area contributed by atoms with Crippen molar-refractivity contribution in [3.63, 3.8) is 0 Å². The SMILES string of the molecule is C=CCN(CC=C)C(=O)COc1c(Br)cc(CC(C)(C)c2cc(Br)c(OCC(=O)N(CC=C)CC=C)c(Br)c2)cc1Br. The second-order valence-corrected chi connectivity index (χ2v) is 13.5. The predicted molar refractivity (Wildman–Crippen MR) is 185 cm³/mol. The van der Waals surface area contributed by atoms with Gasteiger partial charge in [0.2, 0.25) is 0 Å². The van der Waals surface area contributed by atoms with Crippen LogP contribution in [0.25, 0.3) is 0 Å². The van der Waals surface area contributed by atoms with Crippen molar-refractivity contribution in [3.8, 4) is 11.5 Å². The molecular formula is C32H36Br4N2O4. The Labute approximate surface area is 283 Å². The van der Waals surface area contributed by atoms with Gasteiger partial charge in [0.25, 0.3) is 11.8 Å². The Kier molecular flexibility index (Phi) is 14.8. The Morgan fingerprint density at radius 3 is 1.36 bits per heavy atom. The van der Waals surface area contributed by atoms with Crippen molar-refractivity contribution in [2.45, 2.75) is 25.7 Å². The van der Waals surface area contributed by atoms with Crippen LogP contribution in [0.3, 0.4) is 0 Å². The number of hydrogen-bond acceptors (Lipinski definition) is 4. The van der Waals surface area contributed by atoms with Gasteiger partial charge in [-0.3, -0.25) is 9.59 Å². The molecule has 6 nitrogen and oxygen atoms in total. The standard InChI is InChI=1S/C32H36Br4N2O4/c1-7-11-37(12-8-2)28(39)20-41-30-24(33)15-22(16-25(30)34)19-32(5,6)23-17-26(35)31(27(36)18-23)42-21-29(40)38(13-9-3)14-10-4/h7-10,15-18H,1-4,11-14,19-21H2,5-6H3. The fourth-order valence-electron chi connectivity index (χ4n) is 4.18. The van der Waals surface area contributed by atoms with Crippen LogP contribution < -0.4 is 9.47 Å². The number of ether oxygens (including phenoxy) is 2. The number of amides is 2. The number of benzene rings is 2. The van der Waals surface area contributed by atoms with Crippen LogP contribution in [0.2, 0.25) is 0 Å². The van der Waals surface area contributed by atoms with Gasteiger partial charge < -0.3 is 19.3 Å². The molecule has 42 heavy (non-hydrogen) atoms. The summed E-state index contributed by atoms with van der Waals surface area (Å²) < 4.78 is 14.7. The molecule has 0 atom stereocenters. The maximum atomic E-state index is 12.6. The maximum Gasteiger partial charge on any atom is 0.261 e. The minimum absolute atomic E-state index is 0.105. The Balaban J connectivity index is 2.17. The summed E-state index contributed by atoms with van der Waals surface area (Å²) in [5, 5.41) is 0. The molecule has 226 valence electrons. The van der Waals surface area contributed by atoms with E-state index in [4.69, 9.17) is 9.47 Å². The van der Waals surface area contributed by atoms with Crippen LogP contribution in [0.4, 0.5) is 0 Å². The fraction of sp³-hybridized carbons (Fsp3) is 0.312. The molecule has 2 amide bonds. The first-order valence-corrected chi connectivity index (χ1v) is 16.3. The first-order chi connectivity index (χ1) is 19.9. The third-order valence-electron chi connectivity index (χ3n) is 6.27. The highest BCUT2D eigenvalue weighted by molar-refractivity contribution is 9.11. The summed E-state index contributed by atoms with van der Waals surface area (Å²) in [6.07, 6.45) is 7.41. The van der Waals surface area contributed by atoms with E-state index in [0.717, 1.165) is 29.0 Å². The largest absolute Gasteiger partial charge is 0.481 e. The molecule has 0 aromatic heterocycles. The number of carbonyl (C=O) groups excluding carboxylic acids is 2. The predicted octanol–water partition coefficient (Wildman–Crippen LogP) is 8.42. The van der Waals surface area contributed by atoms with Crippen molar-refractivity contribution in [3.05, 3.63) is 104 Å². The minimum Gasteiger partial charge on any atom is -0.481 e. The second kappa shape index (κ2) is 17.2. The van der Waals surface area contributed by atoms with Gasteiger partial charge in [-0.15, -0.1) is 26.3 Å². The van der Waals surface area contributed by atoms with Gasteiger partial charge in [-0.1, -0.05) is 38.2 Å². The molecule has 0 bridgehead atoms. The van der Waals surface area contributed by atoms with Gasteiger partial charge in [-0.2, -0.15) is 0 Å². The van der Waals surface area contributed by atoms with Crippen LogP contribution in [-0.2, 0) is 21.4 Å². The molecule has 0 heterocycles. The van der Waals surface area contributed by atoms with Crippen molar-refractivity contribution < 1.29 is 19.1 Å². The minimum atomic E-state index is -0.267. The van der Waals surface area contributed by atoms with Gasteiger partial charge in [0.05, 0.1) is 17.9 Å². The summed E-state index contributed by atoms with van der Waals surface area (Å²) in [5.41, 5.74) is 1.87. The zero-order chi connectivity index (χ0) is 31.4. The van der Waals surface area contributed by atoms with Crippen LogP contribution in [-0.4, -0.2) is 61.0 Å². The quantitative estimate of drug-likeness (QED) is 0.150. The first kappa shape index (κ1) is 36.1. The molecule has 0 aliphatic heterocycles. The van der Waals surface area contributed by atoms with Crippen LogP contribution in [0, 0.1) is 0 Å². The normalized spacial score (nSPS) is 10.9. The molecule has 2 rings (SSSR count). The van der Waals surface area contributed by atoms with E-state index in [9.17, 15) is 9.59 Å². The van der Waals surface area contributed by atoms with E-state index < -0.39 is 0 Å². The molecule has 0 unspecified atom stereocenters. The van der Waals surface area contributed by atoms with Crippen LogP contribution >= 0.6 is 63.7 Å². The molecule has 0 saturated heterocycles. The molecule has 10 heteroatoms. The van der Waals surface area contributed by atoms with E-state index in [1.165, 1.54) is 0 Å². The van der Waals surface area contributed by atoms with Gasteiger partial charge in [0.1, 0.15) is 11.5 Å². The average Bonchev–Trinajstić information content (AvgIpc) is 2.91. The summed E-state index contributed by atoms with van der Waals surface area (Å²) in [5.74, 6) is 0.805. The summed E-state index contributed by atoms with van der Waals surface area (Å²) in [6.45, 7) is 20.6. The Hall–Kier alpha value is -2.14. The van der Waals surface area contributed by atoms with Gasteiger partial charge in [-0.25, -0.2) is 0 Å². The Morgan fingerprint density at radius 1 is 0.690 bits per heavy atom. The van der Waals surface area contributed by atoms with Crippen LogP contribution in [0.15, 0.2) is 92.8 Å². The average molecular weight is 832 g/mol. The smallest absolute Gasteiger partial charge is 0.261 e. The lowest BCUT2D eigenvalue weighted by Gasteiger charge is -2.27. The zero-order valence-electron chi connectivity index (χ0n) is 23.9. The van der Waals surface area contributed by atoms with Crippen molar-refractivity contribution in [2.75, 3.05) is 39.4 Å². The zero-order valence-corrected chi connectivity index (χ0v) is 30.3. The van der Waals surface area contributed by atoms with Crippen molar-refractivity contribution in [1.29, 1.82) is 0 Å². The number of rotatable bonds is 17.